The van der Waals surface area contributed by atoms with Crippen molar-refractivity contribution in [2.24, 2.45) is 0 Å². The molecule has 0 saturated carbocycles. The topological polar surface area (TPSA) is 189 Å². The van der Waals surface area contributed by atoms with Crippen LogP contribution in [0.3, 0.4) is 0 Å². The summed E-state index contributed by atoms with van der Waals surface area (Å²) in [6.45, 7) is 0.690. The van der Waals surface area contributed by atoms with Crippen LogP contribution < -0.4 is 19.8 Å². The van der Waals surface area contributed by atoms with Crippen molar-refractivity contribution in [3.05, 3.63) is 95.4 Å². The van der Waals surface area contributed by atoms with Crippen molar-refractivity contribution < 1.29 is 32.7 Å². The average molecular weight is 705 g/mol. The summed E-state index contributed by atoms with van der Waals surface area (Å²) in [4.78, 5) is 17.8. The van der Waals surface area contributed by atoms with E-state index in [-0.39, 0.29) is 39.9 Å². The molecule has 0 bridgehead atoms. The number of carbonyl (C=O) groups is 1. The van der Waals surface area contributed by atoms with Gasteiger partial charge in [0.25, 0.3) is 5.91 Å². The number of rotatable bonds is 9. The van der Waals surface area contributed by atoms with Crippen LogP contribution in [0, 0.1) is 28.5 Å². The summed E-state index contributed by atoms with van der Waals surface area (Å²) in [5, 5.41) is 38.8. The molecule has 1 aromatic heterocycles. The SMILES string of the molecule is COc1ccc(-c2cnc(N3CCC(NS(=O)(=O)c4cccc(/C=C/C(=O)NO)c4)CC3)c(C#N)c2-c2ccc(C#N)c(F)c2)cc1O.Cl. The smallest absolute Gasteiger partial charge is 0.267 e. The molecular weight excluding hydrogens is 675 g/mol. The van der Waals surface area contributed by atoms with Gasteiger partial charge in [-0.05, 0) is 72.0 Å². The van der Waals surface area contributed by atoms with Crippen molar-refractivity contribution in [1.29, 1.82) is 10.5 Å². The fraction of sp³-hybridized carbons (Fsp3) is 0.176. The molecule has 0 atom stereocenters. The minimum Gasteiger partial charge on any atom is -0.504 e. The maximum Gasteiger partial charge on any atom is 0.267 e. The van der Waals surface area contributed by atoms with E-state index in [1.807, 2.05) is 4.90 Å². The van der Waals surface area contributed by atoms with Gasteiger partial charge in [-0.2, -0.15) is 10.5 Å². The minimum absolute atomic E-state index is 0. The first-order valence-electron chi connectivity index (χ1n) is 14.6. The van der Waals surface area contributed by atoms with Crippen molar-refractivity contribution in [2.75, 3.05) is 25.1 Å². The highest BCUT2D eigenvalue weighted by molar-refractivity contribution is 7.89. The molecule has 4 aromatic rings. The van der Waals surface area contributed by atoms with Crippen LogP contribution in [0.1, 0.15) is 29.5 Å². The van der Waals surface area contributed by atoms with Gasteiger partial charge in [-0.3, -0.25) is 10.0 Å². The third-order valence-corrected chi connectivity index (χ3v) is 9.38. The van der Waals surface area contributed by atoms with E-state index in [1.165, 1.54) is 61.3 Å². The zero-order chi connectivity index (χ0) is 34.4. The van der Waals surface area contributed by atoms with Gasteiger partial charge in [-0.15, -0.1) is 12.4 Å². The van der Waals surface area contributed by atoms with Gasteiger partial charge in [0.15, 0.2) is 11.5 Å². The van der Waals surface area contributed by atoms with Crippen LogP contribution >= 0.6 is 12.4 Å². The average Bonchev–Trinajstić information content (AvgIpc) is 3.10. The second-order valence-electron chi connectivity index (χ2n) is 10.8. The Bertz CT molecular complexity index is 2110. The molecule has 49 heavy (non-hydrogen) atoms. The van der Waals surface area contributed by atoms with E-state index in [0.717, 1.165) is 6.08 Å². The predicted octanol–water partition coefficient (Wildman–Crippen LogP) is 4.90. The number of amides is 1. The number of pyridine rings is 1. The first-order chi connectivity index (χ1) is 23.1. The lowest BCUT2D eigenvalue weighted by molar-refractivity contribution is -0.124. The van der Waals surface area contributed by atoms with Crippen molar-refractivity contribution >= 4 is 40.2 Å². The Kier molecular flexibility index (Phi) is 11.6. The van der Waals surface area contributed by atoms with Gasteiger partial charge < -0.3 is 14.7 Å². The number of ether oxygens (including phenoxy) is 1. The number of nitrogens with one attached hydrogen (secondary N) is 2. The third-order valence-electron chi connectivity index (χ3n) is 7.86. The first-order valence-corrected chi connectivity index (χ1v) is 16.1. The van der Waals surface area contributed by atoms with Crippen LogP contribution in [-0.4, -0.2) is 55.9 Å². The number of hydrogen-bond acceptors (Lipinski definition) is 10. The quantitative estimate of drug-likeness (QED) is 0.106. The number of hydrogen-bond donors (Lipinski definition) is 4. The molecule has 1 aliphatic heterocycles. The Morgan fingerprint density at radius 3 is 2.45 bits per heavy atom. The van der Waals surface area contributed by atoms with Crippen LogP contribution in [0.2, 0.25) is 0 Å². The molecule has 0 radical (unpaired) electrons. The first kappa shape index (κ1) is 36.3. The largest absolute Gasteiger partial charge is 0.504 e. The molecule has 1 fully saturated rings. The molecule has 1 amide bonds. The Balaban J connectivity index is 0.00000541. The Hall–Kier alpha value is -5.51. The predicted molar refractivity (Wildman–Crippen MR) is 181 cm³/mol. The lowest BCUT2D eigenvalue weighted by Crippen LogP contribution is -2.45. The van der Waals surface area contributed by atoms with E-state index in [9.17, 15) is 33.2 Å². The third kappa shape index (κ3) is 7.97. The maximum absolute atomic E-state index is 14.9. The molecule has 0 aliphatic carbocycles. The molecule has 3 aromatic carbocycles. The summed E-state index contributed by atoms with van der Waals surface area (Å²) >= 11 is 0. The van der Waals surface area contributed by atoms with Crippen molar-refractivity contribution in [1.82, 2.24) is 15.2 Å². The zero-order valence-electron chi connectivity index (χ0n) is 25.9. The molecule has 12 nitrogen and oxygen atoms in total. The number of piperidine rings is 1. The van der Waals surface area contributed by atoms with Crippen molar-refractivity contribution in [3.8, 4) is 45.9 Å². The highest BCUT2D eigenvalue weighted by Crippen LogP contribution is 2.41. The van der Waals surface area contributed by atoms with Gasteiger partial charge >= 0.3 is 0 Å². The van der Waals surface area contributed by atoms with E-state index in [0.29, 0.717) is 59.6 Å². The number of aromatic nitrogens is 1. The number of phenolic OH excluding ortho intramolecular Hbond substituents is 1. The number of anilines is 1. The number of methoxy groups -OCH3 is 1. The van der Waals surface area contributed by atoms with Crippen LogP contribution in [0.4, 0.5) is 10.2 Å². The molecule has 252 valence electrons. The van der Waals surface area contributed by atoms with E-state index < -0.39 is 27.8 Å². The number of nitriles is 2. The van der Waals surface area contributed by atoms with Crippen LogP contribution in [0.15, 0.2) is 77.8 Å². The highest BCUT2D eigenvalue weighted by Gasteiger charge is 2.28. The van der Waals surface area contributed by atoms with Crippen LogP contribution in [-0.2, 0) is 14.8 Å². The fourth-order valence-electron chi connectivity index (χ4n) is 5.48. The summed E-state index contributed by atoms with van der Waals surface area (Å²) in [5.41, 5.74) is 3.51. The molecule has 0 unspecified atom stereocenters. The maximum atomic E-state index is 14.9. The second-order valence-corrected chi connectivity index (χ2v) is 12.5. The number of benzene rings is 3. The lowest BCUT2D eigenvalue weighted by Gasteiger charge is -2.34. The van der Waals surface area contributed by atoms with Crippen molar-refractivity contribution in [3.63, 3.8) is 0 Å². The van der Waals surface area contributed by atoms with Gasteiger partial charge in [0.1, 0.15) is 29.3 Å². The monoisotopic (exact) mass is 704 g/mol. The summed E-state index contributed by atoms with van der Waals surface area (Å²) < 4.78 is 49.2. The molecule has 1 aliphatic rings. The Morgan fingerprint density at radius 1 is 1.08 bits per heavy atom. The molecule has 0 spiro atoms. The van der Waals surface area contributed by atoms with E-state index in [4.69, 9.17) is 9.94 Å². The summed E-state index contributed by atoms with van der Waals surface area (Å²) in [7, 11) is -2.51. The molecule has 5 rings (SSSR count). The van der Waals surface area contributed by atoms with Gasteiger partial charge in [-0.1, -0.05) is 24.3 Å². The van der Waals surface area contributed by atoms with E-state index in [1.54, 1.807) is 30.3 Å². The Morgan fingerprint density at radius 2 is 1.82 bits per heavy atom. The van der Waals surface area contributed by atoms with Gasteiger partial charge in [0.2, 0.25) is 10.0 Å². The molecule has 15 heteroatoms. The molecule has 4 N–H and O–H groups in total. The molecule has 1 saturated heterocycles. The van der Waals surface area contributed by atoms with E-state index >= 15 is 0 Å². The number of nitrogens with zero attached hydrogens (tertiary/aromatic N) is 4. The van der Waals surface area contributed by atoms with Gasteiger partial charge in [0.05, 0.1) is 17.6 Å². The molecular formula is C34H30ClFN6O6S. The van der Waals surface area contributed by atoms with Crippen molar-refractivity contribution in [2.45, 2.75) is 23.8 Å². The fourth-order valence-corrected chi connectivity index (χ4v) is 6.84. The lowest BCUT2D eigenvalue weighted by atomic mass is 9.91. The second kappa shape index (κ2) is 15.6. The number of halogens is 2. The number of sulfonamides is 1. The Labute approximate surface area is 288 Å². The van der Waals surface area contributed by atoms with Gasteiger partial charge in [0, 0.05) is 42.5 Å². The number of aromatic hydroxyl groups is 1. The molecule has 2 heterocycles. The van der Waals surface area contributed by atoms with E-state index in [2.05, 4.69) is 15.8 Å². The zero-order valence-corrected chi connectivity index (χ0v) is 27.6. The normalized spacial score (nSPS) is 13.3. The van der Waals surface area contributed by atoms with Crippen LogP contribution in [0.25, 0.3) is 28.3 Å². The summed E-state index contributed by atoms with van der Waals surface area (Å²) in [6, 6.07) is 18.3. The summed E-state index contributed by atoms with van der Waals surface area (Å²) in [5.74, 6) is -1.09. The summed E-state index contributed by atoms with van der Waals surface area (Å²) in [6.07, 6.45) is 4.73. The number of hydroxylamine groups is 1. The van der Waals surface area contributed by atoms with Gasteiger partial charge in [-0.25, -0.2) is 28.0 Å². The highest BCUT2D eigenvalue weighted by atomic mass is 35.5. The number of carbonyl (C=O) groups excluding carboxylic acids is 1. The minimum atomic E-state index is -3.93. The standard InChI is InChI=1S/C34H29FN6O6S.ClH/c1-47-31-9-8-22(17-30(31)42)28-20-38-34(27(19-37)33(28)23-6-7-24(18-36)29(35)16-23)41-13-11-25(12-14-41)40-48(45,46)26-4-2-3-21(15-26)5-10-32(43)39-44;/h2-10,15-17,20,25,40,42,44H,11-14H2,1H3,(H,39,43);1H/b10-5+;. The number of phenols is 1. The van der Waals surface area contributed by atoms with Crippen LogP contribution in [0.5, 0.6) is 11.5 Å².